The van der Waals surface area contributed by atoms with E-state index in [1.165, 1.54) is 0 Å². The summed E-state index contributed by atoms with van der Waals surface area (Å²) in [4.78, 5) is 14.0. The van der Waals surface area contributed by atoms with Crippen LogP contribution in [0.15, 0.2) is 60.7 Å². The first-order chi connectivity index (χ1) is 15.6. The zero-order valence-electron chi connectivity index (χ0n) is 21.9. The number of carbonyl (C=O) groups is 1. The van der Waals surface area contributed by atoms with Crippen LogP contribution < -0.4 is 9.83 Å². The number of aryl methyl sites for hydroxylation is 3. The first kappa shape index (κ1) is 26.0. The van der Waals surface area contributed by atoms with Crippen molar-refractivity contribution in [2.75, 3.05) is 0 Å². The fourth-order valence-corrected chi connectivity index (χ4v) is 6.37. The summed E-state index contributed by atoms with van der Waals surface area (Å²) >= 11 is 0. The standard InChI is InChI=1S/C30H37O3P/c1-20-17-21(2)27(22(3)18-20)28(31)34(32,24-13-11-10-12-14-24)33-26-16-15-23(29(4,5)6)19-25(26)30(7,8)9/h10-19H,1-9H3. The summed E-state index contributed by atoms with van der Waals surface area (Å²) in [6.45, 7) is 18.6. The molecule has 0 heterocycles. The Hall–Kier alpha value is -2.64. The number of rotatable bonds is 5. The minimum absolute atomic E-state index is 0.0480. The Morgan fingerprint density at radius 2 is 1.32 bits per heavy atom. The summed E-state index contributed by atoms with van der Waals surface area (Å²) < 4.78 is 21.0. The third kappa shape index (κ3) is 5.20. The normalized spacial score (nSPS) is 13.9. The Balaban J connectivity index is 2.24. The Morgan fingerprint density at radius 1 is 0.765 bits per heavy atom. The predicted molar refractivity (Wildman–Crippen MR) is 143 cm³/mol. The van der Waals surface area contributed by atoms with Gasteiger partial charge in [0, 0.05) is 11.1 Å². The summed E-state index contributed by atoms with van der Waals surface area (Å²) in [5, 5.41) is 0.402. The third-order valence-corrected chi connectivity index (χ3v) is 8.33. The summed E-state index contributed by atoms with van der Waals surface area (Å²) in [6, 6.07) is 18.8. The first-order valence-corrected chi connectivity index (χ1v) is 13.4. The molecule has 0 N–H and O–H groups in total. The van der Waals surface area contributed by atoms with Gasteiger partial charge >= 0.3 is 7.37 Å². The molecule has 1 unspecified atom stereocenters. The van der Waals surface area contributed by atoms with Crippen molar-refractivity contribution in [3.63, 3.8) is 0 Å². The van der Waals surface area contributed by atoms with E-state index in [4.69, 9.17) is 4.52 Å². The summed E-state index contributed by atoms with van der Waals surface area (Å²) in [5.74, 6) is 0.489. The van der Waals surface area contributed by atoms with Crippen LogP contribution >= 0.6 is 7.37 Å². The lowest BCUT2D eigenvalue weighted by Crippen LogP contribution is -2.22. The molecule has 0 aliphatic carbocycles. The molecule has 0 aliphatic rings. The van der Waals surface area contributed by atoms with Gasteiger partial charge in [-0.25, -0.2) is 0 Å². The lowest BCUT2D eigenvalue weighted by atomic mass is 9.80. The molecule has 0 bridgehead atoms. The van der Waals surface area contributed by atoms with Crippen molar-refractivity contribution in [3.8, 4) is 5.75 Å². The average Bonchev–Trinajstić information content (AvgIpc) is 2.72. The van der Waals surface area contributed by atoms with E-state index in [1.807, 2.05) is 51.1 Å². The third-order valence-electron chi connectivity index (χ3n) is 6.13. The van der Waals surface area contributed by atoms with Gasteiger partial charge in [0.1, 0.15) is 5.75 Å². The van der Waals surface area contributed by atoms with Crippen molar-refractivity contribution < 1.29 is 13.9 Å². The largest absolute Gasteiger partial charge is 0.435 e. The second kappa shape index (κ2) is 9.19. The lowest BCUT2D eigenvalue weighted by Gasteiger charge is -2.29. The van der Waals surface area contributed by atoms with Crippen molar-refractivity contribution in [2.45, 2.75) is 73.1 Å². The van der Waals surface area contributed by atoms with Crippen molar-refractivity contribution in [1.82, 2.24) is 0 Å². The van der Waals surface area contributed by atoms with E-state index in [2.05, 4.69) is 47.6 Å². The molecule has 0 saturated carbocycles. The minimum Gasteiger partial charge on any atom is -0.435 e. The van der Waals surface area contributed by atoms with Crippen LogP contribution in [0, 0.1) is 20.8 Å². The quantitative estimate of drug-likeness (QED) is 0.350. The molecule has 0 aromatic heterocycles. The maximum Gasteiger partial charge on any atom is 0.346 e. The zero-order valence-corrected chi connectivity index (χ0v) is 22.8. The molecule has 3 rings (SSSR count). The molecule has 3 aromatic rings. The fraction of sp³-hybridized carbons (Fsp3) is 0.367. The van der Waals surface area contributed by atoms with Crippen LogP contribution in [-0.4, -0.2) is 5.52 Å². The summed E-state index contributed by atoms with van der Waals surface area (Å²) in [7, 11) is -3.97. The van der Waals surface area contributed by atoms with Crippen LogP contribution in [0.4, 0.5) is 0 Å². The molecule has 0 aliphatic heterocycles. The van der Waals surface area contributed by atoms with Crippen LogP contribution in [0.25, 0.3) is 0 Å². The minimum atomic E-state index is -3.97. The van der Waals surface area contributed by atoms with Gasteiger partial charge < -0.3 is 4.52 Å². The Labute approximate surface area is 205 Å². The van der Waals surface area contributed by atoms with Crippen molar-refractivity contribution >= 4 is 18.2 Å². The molecule has 0 radical (unpaired) electrons. The van der Waals surface area contributed by atoms with Gasteiger partial charge in [-0.15, -0.1) is 0 Å². The van der Waals surface area contributed by atoms with Crippen molar-refractivity contribution in [1.29, 1.82) is 0 Å². The second-order valence-corrected chi connectivity index (χ2v) is 13.5. The van der Waals surface area contributed by atoms with Gasteiger partial charge in [-0.05, 0) is 66.5 Å². The van der Waals surface area contributed by atoms with Gasteiger partial charge in [-0.2, -0.15) is 0 Å². The molecule has 34 heavy (non-hydrogen) atoms. The molecule has 1 atom stereocenters. The molecule has 180 valence electrons. The molecule has 0 spiro atoms. The number of carbonyl (C=O) groups excluding carboxylic acids is 1. The molecular weight excluding hydrogens is 439 g/mol. The molecule has 0 saturated heterocycles. The van der Waals surface area contributed by atoms with Crippen LogP contribution in [0.3, 0.4) is 0 Å². The highest BCUT2D eigenvalue weighted by molar-refractivity contribution is 7.83. The molecule has 3 nitrogen and oxygen atoms in total. The van der Waals surface area contributed by atoms with Crippen molar-refractivity contribution in [2.24, 2.45) is 0 Å². The van der Waals surface area contributed by atoms with Gasteiger partial charge in [0.15, 0.2) is 0 Å². The molecular formula is C30H37O3P. The Bertz CT molecular complexity index is 1240. The SMILES string of the molecule is Cc1cc(C)c(C(=O)P(=O)(Oc2ccc(C(C)(C)C)cc2C(C)(C)C)c2ccccc2)c(C)c1. The van der Waals surface area contributed by atoms with Crippen LogP contribution in [0.1, 0.15) is 79.7 Å². The maximum absolute atomic E-state index is 14.7. The Kier molecular flexibility index (Phi) is 7.02. The molecule has 4 heteroatoms. The highest BCUT2D eigenvalue weighted by Crippen LogP contribution is 2.52. The van der Waals surface area contributed by atoms with Gasteiger partial charge in [0.05, 0.1) is 5.30 Å². The van der Waals surface area contributed by atoms with E-state index in [1.54, 1.807) is 24.3 Å². The van der Waals surface area contributed by atoms with Gasteiger partial charge in [0.25, 0.3) is 5.52 Å². The fourth-order valence-electron chi connectivity index (χ4n) is 4.30. The van der Waals surface area contributed by atoms with E-state index < -0.39 is 12.9 Å². The van der Waals surface area contributed by atoms with Gasteiger partial charge in [-0.3, -0.25) is 9.36 Å². The number of hydrogen-bond acceptors (Lipinski definition) is 3. The molecule has 0 amide bonds. The van der Waals surface area contributed by atoms with Crippen LogP contribution in [0.2, 0.25) is 0 Å². The predicted octanol–water partition coefficient (Wildman–Crippen LogP) is 8.03. The highest BCUT2D eigenvalue weighted by Gasteiger charge is 2.40. The van der Waals surface area contributed by atoms with Crippen molar-refractivity contribution in [3.05, 3.63) is 94.0 Å². The van der Waals surface area contributed by atoms with Crippen LogP contribution in [0.5, 0.6) is 5.75 Å². The topological polar surface area (TPSA) is 43.4 Å². The lowest BCUT2D eigenvalue weighted by molar-refractivity contribution is 0.106. The number of benzene rings is 3. The summed E-state index contributed by atoms with van der Waals surface area (Å²) in [5.41, 5.74) is 4.47. The van der Waals surface area contributed by atoms with Gasteiger partial charge in [-0.1, -0.05) is 89.6 Å². The second-order valence-electron chi connectivity index (χ2n) is 11.3. The van der Waals surface area contributed by atoms with E-state index >= 15 is 0 Å². The monoisotopic (exact) mass is 476 g/mol. The van der Waals surface area contributed by atoms with E-state index in [9.17, 15) is 9.36 Å². The first-order valence-electron chi connectivity index (χ1n) is 11.8. The molecule has 0 fully saturated rings. The van der Waals surface area contributed by atoms with E-state index in [0.717, 1.165) is 27.8 Å². The van der Waals surface area contributed by atoms with Gasteiger partial charge in [0.2, 0.25) is 0 Å². The van der Waals surface area contributed by atoms with E-state index in [0.29, 0.717) is 16.6 Å². The maximum atomic E-state index is 14.7. The smallest absolute Gasteiger partial charge is 0.346 e. The Morgan fingerprint density at radius 3 is 1.82 bits per heavy atom. The zero-order chi connectivity index (χ0) is 25.5. The molecule has 3 aromatic carbocycles. The average molecular weight is 477 g/mol. The summed E-state index contributed by atoms with van der Waals surface area (Å²) in [6.07, 6.45) is 0. The van der Waals surface area contributed by atoms with E-state index in [-0.39, 0.29) is 10.8 Å². The number of hydrogen-bond donors (Lipinski definition) is 0. The highest BCUT2D eigenvalue weighted by atomic mass is 31.2. The van der Waals surface area contributed by atoms with Crippen LogP contribution in [-0.2, 0) is 15.4 Å².